The molecule has 7 heteroatoms. The molecule has 0 radical (unpaired) electrons. The molecule has 0 unspecified atom stereocenters. The zero-order chi connectivity index (χ0) is 17.3. The molecule has 1 aromatic heterocycles. The van der Waals surface area contributed by atoms with Gasteiger partial charge in [0.25, 0.3) is 5.91 Å². The smallest absolute Gasteiger partial charge is 0.325 e. The Hall–Kier alpha value is -3.09. The highest BCUT2D eigenvalue weighted by molar-refractivity contribution is 6.09. The van der Waals surface area contributed by atoms with E-state index in [-0.39, 0.29) is 6.54 Å². The van der Waals surface area contributed by atoms with Crippen LogP contribution < -0.4 is 10.6 Å². The van der Waals surface area contributed by atoms with Gasteiger partial charge in [-0.25, -0.2) is 4.79 Å². The summed E-state index contributed by atoms with van der Waals surface area (Å²) in [6, 6.07) is 9.84. The van der Waals surface area contributed by atoms with Gasteiger partial charge in [0.15, 0.2) is 5.54 Å². The van der Waals surface area contributed by atoms with Crippen LogP contribution >= 0.6 is 0 Å². The minimum atomic E-state index is -1.30. The van der Waals surface area contributed by atoms with Gasteiger partial charge in [0.2, 0.25) is 5.91 Å². The number of amides is 4. The van der Waals surface area contributed by atoms with Gasteiger partial charge in [-0.15, -0.1) is 0 Å². The van der Waals surface area contributed by atoms with Crippen molar-refractivity contribution in [2.75, 3.05) is 11.9 Å². The van der Waals surface area contributed by atoms with E-state index in [4.69, 9.17) is 4.42 Å². The maximum absolute atomic E-state index is 12.6. The molecule has 1 aliphatic rings. The monoisotopic (exact) mass is 327 g/mol. The highest BCUT2D eigenvalue weighted by Crippen LogP contribution is 2.28. The Morgan fingerprint density at radius 2 is 1.96 bits per heavy atom. The fraction of sp³-hybridized carbons (Fsp3) is 0.235. The Balaban J connectivity index is 1.71. The molecule has 3 rings (SSSR count). The number of carbonyl (C=O) groups is 3. The molecule has 0 aliphatic carbocycles. The van der Waals surface area contributed by atoms with Crippen LogP contribution in [0.3, 0.4) is 0 Å². The van der Waals surface area contributed by atoms with Crippen LogP contribution in [-0.2, 0) is 15.1 Å². The van der Waals surface area contributed by atoms with Gasteiger partial charge < -0.3 is 15.1 Å². The lowest BCUT2D eigenvalue weighted by atomic mass is 9.99. The number of carbonyl (C=O) groups excluding carboxylic acids is 3. The molecule has 1 atom stereocenters. The molecule has 1 aliphatic heterocycles. The molecule has 2 N–H and O–H groups in total. The van der Waals surface area contributed by atoms with Gasteiger partial charge in [0.1, 0.15) is 12.3 Å². The van der Waals surface area contributed by atoms with Crippen LogP contribution in [0.2, 0.25) is 0 Å². The number of furan rings is 1. The van der Waals surface area contributed by atoms with Gasteiger partial charge in [0, 0.05) is 5.69 Å². The molecule has 0 spiro atoms. The Morgan fingerprint density at radius 1 is 1.25 bits per heavy atom. The molecule has 124 valence electrons. The van der Waals surface area contributed by atoms with Crippen molar-refractivity contribution in [2.24, 2.45) is 0 Å². The number of nitrogens with zero attached hydrogens (tertiary/aromatic N) is 1. The van der Waals surface area contributed by atoms with Gasteiger partial charge in [-0.3, -0.25) is 14.5 Å². The van der Waals surface area contributed by atoms with Crippen molar-refractivity contribution in [3.63, 3.8) is 0 Å². The minimum absolute atomic E-state index is 0.322. The van der Waals surface area contributed by atoms with Crippen LogP contribution in [-0.4, -0.2) is 29.3 Å². The molecule has 2 aromatic rings. The first-order chi connectivity index (χ1) is 11.4. The number of imide groups is 1. The zero-order valence-electron chi connectivity index (χ0n) is 13.3. The van der Waals surface area contributed by atoms with E-state index in [1.807, 2.05) is 19.1 Å². The van der Waals surface area contributed by atoms with E-state index in [2.05, 4.69) is 10.6 Å². The second kappa shape index (κ2) is 5.84. The second-order valence-corrected chi connectivity index (χ2v) is 5.84. The predicted octanol–water partition coefficient (Wildman–Crippen LogP) is 1.99. The molecular formula is C17H17N3O4. The molecule has 24 heavy (non-hydrogen) atoms. The van der Waals surface area contributed by atoms with Gasteiger partial charge >= 0.3 is 6.03 Å². The minimum Gasteiger partial charge on any atom is -0.466 e. The summed E-state index contributed by atoms with van der Waals surface area (Å²) in [6.45, 7) is 3.12. The summed E-state index contributed by atoms with van der Waals surface area (Å²) >= 11 is 0. The van der Waals surface area contributed by atoms with E-state index in [1.165, 1.54) is 6.26 Å². The van der Waals surface area contributed by atoms with Crippen molar-refractivity contribution in [1.29, 1.82) is 0 Å². The highest BCUT2D eigenvalue weighted by Gasteiger charge is 2.51. The number of rotatable bonds is 4. The van der Waals surface area contributed by atoms with Crippen molar-refractivity contribution < 1.29 is 18.8 Å². The van der Waals surface area contributed by atoms with Gasteiger partial charge in [-0.2, -0.15) is 0 Å². The number of nitrogens with one attached hydrogen (secondary N) is 2. The number of hydrogen-bond donors (Lipinski definition) is 2. The van der Waals surface area contributed by atoms with Crippen LogP contribution in [0, 0.1) is 6.92 Å². The topological polar surface area (TPSA) is 91.7 Å². The molecular weight excluding hydrogens is 310 g/mol. The normalized spacial score (nSPS) is 20.2. The highest BCUT2D eigenvalue weighted by atomic mass is 16.3. The Bertz CT molecular complexity index is 783. The Kier molecular flexibility index (Phi) is 3.84. The summed E-state index contributed by atoms with van der Waals surface area (Å²) in [5.41, 5.74) is 0.368. The van der Waals surface area contributed by atoms with Gasteiger partial charge in [-0.05, 0) is 38.1 Å². The number of hydrogen-bond acceptors (Lipinski definition) is 4. The van der Waals surface area contributed by atoms with Gasteiger partial charge in [-0.1, -0.05) is 17.7 Å². The van der Waals surface area contributed by atoms with E-state index >= 15 is 0 Å². The van der Waals surface area contributed by atoms with Crippen LogP contribution in [0.5, 0.6) is 0 Å². The van der Waals surface area contributed by atoms with E-state index < -0.39 is 23.4 Å². The summed E-state index contributed by atoms with van der Waals surface area (Å²) in [5.74, 6) is -0.658. The quantitative estimate of drug-likeness (QED) is 0.840. The first-order valence-corrected chi connectivity index (χ1v) is 7.45. The lowest BCUT2D eigenvalue weighted by Crippen LogP contribution is -2.41. The molecule has 0 saturated carbocycles. The van der Waals surface area contributed by atoms with E-state index in [1.54, 1.807) is 31.2 Å². The van der Waals surface area contributed by atoms with Crippen LogP contribution in [0.1, 0.15) is 18.2 Å². The maximum atomic E-state index is 12.6. The van der Waals surface area contributed by atoms with Crippen molar-refractivity contribution >= 4 is 23.5 Å². The summed E-state index contributed by atoms with van der Waals surface area (Å²) in [6.07, 6.45) is 1.42. The van der Waals surface area contributed by atoms with Crippen molar-refractivity contribution in [2.45, 2.75) is 19.4 Å². The fourth-order valence-electron chi connectivity index (χ4n) is 2.55. The number of benzene rings is 1. The van der Waals surface area contributed by atoms with Crippen LogP contribution in [0.4, 0.5) is 10.5 Å². The molecule has 1 aromatic carbocycles. The lowest BCUT2D eigenvalue weighted by molar-refractivity contribution is -0.134. The zero-order valence-corrected chi connectivity index (χ0v) is 13.3. The number of aryl methyl sites for hydroxylation is 1. The molecule has 1 saturated heterocycles. The standard InChI is InChI=1S/C17H17N3O4/c1-11-5-7-12(8-6-11)18-14(21)10-20-15(22)17(2,19-16(20)23)13-4-3-9-24-13/h3-9H,10H2,1-2H3,(H,18,21)(H,19,23)/t17-/m0/s1. The third-order valence-corrected chi connectivity index (χ3v) is 3.93. The molecule has 0 bridgehead atoms. The molecule has 7 nitrogen and oxygen atoms in total. The van der Waals surface area contributed by atoms with Gasteiger partial charge in [0.05, 0.1) is 6.26 Å². The molecule has 2 heterocycles. The maximum Gasteiger partial charge on any atom is 0.325 e. The number of urea groups is 1. The summed E-state index contributed by atoms with van der Waals surface area (Å²) in [5, 5.41) is 5.24. The summed E-state index contributed by atoms with van der Waals surface area (Å²) < 4.78 is 5.24. The van der Waals surface area contributed by atoms with E-state index in [0.717, 1.165) is 10.5 Å². The average molecular weight is 327 g/mol. The van der Waals surface area contributed by atoms with E-state index in [9.17, 15) is 14.4 Å². The SMILES string of the molecule is Cc1ccc(NC(=O)CN2C(=O)N[C@@](C)(c3ccco3)C2=O)cc1. The summed E-state index contributed by atoms with van der Waals surface area (Å²) in [4.78, 5) is 37.7. The summed E-state index contributed by atoms with van der Waals surface area (Å²) in [7, 11) is 0. The van der Waals surface area contributed by atoms with Crippen LogP contribution in [0.25, 0.3) is 0 Å². The van der Waals surface area contributed by atoms with Crippen molar-refractivity contribution in [1.82, 2.24) is 10.2 Å². The van der Waals surface area contributed by atoms with Crippen molar-refractivity contribution in [3.8, 4) is 0 Å². The second-order valence-electron chi connectivity index (χ2n) is 5.84. The fourth-order valence-corrected chi connectivity index (χ4v) is 2.55. The lowest BCUT2D eigenvalue weighted by Gasteiger charge is -2.18. The van der Waals surface area contributed by atoms with Crippen molar-refractivity contribution in [3.05, 3.63) is 54.0 Å². The van der Waals surface area contributed by atoms with E-state index in [0.29, 0.717) is 11.4 Å². The predicted molar refractivity (Wildman–Crippen MR) is 86.1 cm³/mol. The largest absolute Gasteiger partial charge is 0.466 e. The molecule has 1 fully saturated rings. The van der Waals surface area contributed by atoms with Crippen LogP contribution in [0.15, 0.2) is 47.1 Å². The Labute approximate surface area is 138 Å². The third-order valence-electron chi connectivity index (χ3n) is 3.93. The molecule has 4 amide bonds. The average Bonchev–Trinajstić information content (AvgIpc) is 3.14. The third kappa shape index (κ3) is 2.76. The number of anilines is 1. The first-order valence-electron chi connectivity index (χ1n) is 7.45. The Morgan fingerprint density at radius 3 is 2.58 bits per heavy atom. The first kappa shape index (κ1) is 15.8.